The summed E-state index contributed by atoms with van der Waals surface area (Å²) in [6.07, 6.45) is 1.29. The number of fused-ring (bicyclic) bond motifs is 1. The highest BCUT2D eigenvalue weighted by Crippen LogP contribution is 2.18. The molecular weight excluding hydrogens is 324 g/mol. The molecule has 3 heterocycles. The van der Waals surface area contributed by atoms with E-state index in [9.17, 15) is 9.59 Å². The molecule has 8 nitrogen and oxygen atoms in total. The van der Waals surface area contributed by atoms with Crippen LogP contribution in [0.5, 0.6) is 0 Å². The van der Waals surface area contributed by atoms with Gasteiger partial charge in [-0.1, -0.05) is 6.92 Å². The first-order valence-electron chi connectivity index (χ1n) is 8.96. The lowest BCUT2D eigenvalue weighted by Gasteiger charge is -2.37. The molecule has 1 N–H and O–H groups in total. The molecule has 25 heavy (non-hydrogen) atoms. The summed E-state index contributed by atoms with van der Waals surface area (Å²) < 4.78 is 7.29. The Hall–Kier alpha value is -1.93. The fourth-order valence-corrected chi connectivity index (χ4v) is 3.56. The average molecular weight is 350 g/mol. The lowest BCUT2D eigenvalue weighted by Crippen LogP contribution is -2.53. The molecule has 0 aliphatic carbocycles. The van der Waals surface area contributed by atoms with E-state index in [1.165, 1.54) is 0 Å². The molecule has 1 fully saturated rings. The number of nitrogens with zero attached hydrogens (tertiary/aromatic N) is 4. The van der Waals surface area contributed by atoms with Crippen LogP contribution in [0.15, 0.2) is 6.07 Å². The predicted octanol–water partition coefficient (Wildman–Crippen LogP) is 0.353. The lowest BCUT2D eigenvalue weighted by molar-refractivity contribution is -0.140. The van der Waals surface area contributed by atoms with Crippen molar-refractivity contribution >= 4 is 11.9 Å². The number of ether oxygens (including phenoxy) is 1. The molecule has 2 aliphatic heterocycles. The highest BCUT2D eigenvalue weighted by atomic mass is 16.5. The number of rotatable bonds is 6. The molecule has 1 saturated heterocycles. The first-order valence-corrected chi connectivity index (χ1v) is 8.96. The maximum absolute atomic E-state index is 13.0. The van der Waals surface area contributed by atoms with Crippen LogP contribution in [0.3, 0.4) is 0 Å². The topological polar surface area (TPSA) is 87.9 Å². The average Bonchev–Trinajstić information content (AvgIpc) is 3.03. The van der Waals surface area contributed by atoms with Crippen molar-refractivity contribution in [2.24, 2.45) is 0 Å². The zero-order valence-corrected chi connectivity index (χ0v) is 14.7. The maximum atomic E-state index is 13.0. The van der Waals surface area contributed by atoms with Crippen molar-refractivity contribution < 1.29 is 19.4 Å². The Labute approximate surface area is 147 Å². The molecule has 3 rings (SSSR count). The largest absolute Gasteiger partial charge is 0.481 e. The Morgan fingerprint density at radius 1 is 1.28 bits per heavy atom. The molecule has 0 spiro atoms. The second kappa shape index (κ2) is 7.97. The van der Waals surface area contributed by atoms with Crippen LogP contribution in [0.25, 0.3) is 0 Å². The van der Waals surface area contributed by atoms with E-state index in [1.54, 1.807) is 0 Å². The van der Waals surface area contributed by atoms with Gasteiger partial charge < -0.3 is 14.7 Å². The Balaban J connectivity index is 1.64. The van der Waals surface area contributed by atoms with Crippen molar-refractivity contribution in [3.8, 4) is 0 Å². The molecule has 0 aromatic carbocycles. The molecule has 138 valence electrons. The number of carbonyl (C=O) groups excluding carboxylic acids is 1. The summed E-state index contributed by atoms with van der Waals surface area (Å²) >= 11 is 0. The number of carboxylic acids is 1. The third-order valence-electron chi connectivity index (χ3n) is 4.91. The molecule has 2 aliphatic rings. The smallest absolute Gasteiger partial charge is 0.303 e. The van der Waals surface area contributed by atoms with Crippen molar-refractivity contribution in [1.82, 2.24) is 19.6 Å². The minimum Gasteiger partial charge on any atom is -0.481 e. The quantitative estimate of drug-likeness (QED) is 0.797. The Morgan fingerprint density at radius 2 is 2.04 bits per heavy atom. The third kappa shape index (κ3) is 4.19. The third-order valence-corrected chi connectivity index (χ3v) is 4.91. The van der Waals surface area contributed by atoms with Crippen LogP contribution in [-0.2, 0) is 33.8 Å². The van der Waals surface area contributed by atoms with Crippen LogP contribution in [0.2, 0.25) is 0 Å². The number of carboxylic acid groups (broad SMARTS) is 1. The number of carbonyl (C=O) groups is 2. The van der Waals surface area contributed by atoms with Crippen LogP contribution in [-0.4, -0.2) is 75.5 Å². The van der Waals surface area contributed by atoms with Gasteiger partial charge >= 0.3 is 5.97 Å². The van der Waals surface area contributed by atoms with Gasteiger partial charge in [0.25, 0.3) is 0 Å². The SMILES string of the molecule is CCC(C(=O)N1CCn2nc(CCC(=O)O)cc2C1)N1CCOCC1. The van der Waals surface area contributed by atoms with Crippen molar-refractivity contribution in [2.75, 3.05) is 32.8 Å². The zero-order valence-electron chi connectivity index (χ0n) is 14.7. The highest BCUT2D eigenvalue weighted by Gasteiger charge is 2.31. The second-order valence-electron chi connectivity index (χ2n) is 6.58. The minimum absolute atomic E-state index is 0.0774. The number of aliphatic carboxylic acids is 1. The van der Waals surface area contributed by atoms with Gasteiger partial charge in [0.05, 0.1) is 50.2 Å². The van der Waals surface area contributed by atoms with Crippen LogP contribution in [0.4, 0.5) is 0 Å². The van der Waals surface area contributed by atoms with E-state index in [0.717, 1.165) is 30.9 Å². The number of aryl methyl sites for hydroxylation is 1. The van der Waals surface area contributed by atoms with Gasteiger partial charge in [-0.15, -0.1) is 0 Å². The van der Waals surface area contributed by atoms with Gasteiger partial charge in [0.15, 0.2) is 0 Å². The first-order chi connectivity index (χ1) is 12.1. The molecule has 8 heteroatoms. The summed E-state index contributed by atoms with van der Waals surface area (Å²) in [4.78, 5) is 27.8. The van der Waals surface area contributed by atoms with Gasteiger partial charge in [-0.3, -0.25) is 19.2 Å². The van der Waals surface area contributed by atoms with Gasteiger partial charge in [-0.05, 0) is 12.5 Å². The predicted molar refractivity (Wildman–Crippen MR) is 90.1 cm³/mol. The van der Waals surface area contributed by atoms with Crippen molar-refractivity contribution in [2.45, 2.75) is 45.3 Å². The standard InChI is InChI=1S/C17H26N4O4/c1-2-15(19-7-9-25-10-8-19)17(24)20-5-6-21-14(12-20)11-13(18-21)3-4-16(22)23/h11,15H,2-10,12H2,1H3,(H,22,23). The van der Waals surface area contributed by atoms with Gasteiger partial charge in [0.1, 0.15) is 0 Å². The summed E-state index contributed by atoms with van der Waals surface area (Å²) in [5.74, 6) is -0.650. The zero-order chi connectivity index (χ0) is 17.8. The second-order valence-corrected chi connectivity index (χ2v) is 6.58. The number of amides is 1. The minimum atomic E-state index is -0.820. The van der Waals surface area contributed by atoms with Crippen molar-refractivity contribution in [3.05, 3.63) is 17.5 Å². The molecule has 0 radical (unpaired) electrons. The molecule has 1 atom stereocenters. The summed E-state index contributed by atoms with van der Waals surface area (Å²) in [5, 5.41) is 13.3. The number of aromatic nitrogens is 2. The van der Waals surface area contributed by atoms with Crippen LogP contribution < -0.4 is 0 Å². The molecule has 1 amide bonds. The Kier molecular flexibility index (Phi) is 5.70. The van der Waals surface area contributed by atoms with E-state index in [4.69, 9.17) is 9.84 Å². The fraction of sp³-hybridized carbons (Fsp3) is 0.706. The molecule has 1 unspecified atom stereocenters. The van der Waals surface area contributed by atoms with Gasteiger partial charge in [-0.25, -0.2) is 0 Å². The summed E-state index contributed by atoms with van der Waals surface area (Å²) in [6, 6.07) is 1.84. The maximum Gasteiger partial charge on any atom is 0.303 e. The van der Waals surface area contributed by atoms with E-state index < -0.39 is 5.97 Å². The van der Waals surface area contributed by atoms with Crippen LogP contribution in [0.1, 0.15) is 31.2 Å². The molecule has 0 saturated carbocycles. The number of hydrogen-bond acceptors (Lipinski definition) is 5. The van der Waals surface area contributed by atoms with Crippen molar-refractivity contribution in [1.29, 1.82) is 0 Å². The molecule has 1 aromatic rings. The van der Waals surface area contributed by atoms with E-state index >= 15 is 0 Å². The van der Waals surface area contributed by atoms with E-state index in [2.05, 4.69) is 16.9 Å². The molecule has 0 bridgehead atoms. The fourth-order valence-electron chi connectivity index (χ4n) is 3.56. The monoisotopic (exact) mass is 350 g/mol. The summed E-state index contributed by atoms with van der Waals surface area (Å²) in [7, 11) is 0. The lowest BCUT2D eigenvalue weighted by atomic mass is 10.1. The Bertz CT molecular complexity index is 624. The normalized spacial score (nSPS) is 19.5. The highest BCUT2D eigenvalue weighted by molar-refractivity contribution is 5.82. The molecular formula is C17H26N4O4. The summed E-state index contributed by atoms with van der Waals surface area (Å²) in [5.41, 5.74) is 1.77. The van der Waals surface area contributed by atoms with E-state index in [0.29, 0.717) is 39.3 Å². The van der Waals surface area contributed by atoms with Crippen molar-refractivity contribution in [3.63, 3.8) is 0 Å². The first kappa shape index (κ1) is 17.9. The Morgan fingerprint density at radius 3 is 2.72 bits per heavy atom. The van der Waals surface area contributed by atoms with E-state index in [1.807, 2.05) is 15.6 Å². The number of morpholine rings is 1. The van der Waals surface area contributed by atoms with E-state index in [-0.39, 0.29) is 18.4 Å². The van der Waals surface area contributed by atoms with Crippen LogP contribution >= 0.6 is 0 Å². The molecule has 1 aromatic heterocycles. The summed E-state index contributed by atoms with van der Waals surface area (Å²) in [6.45, 7) is 6.87. The van der Waals surface area contributed by atoms with Gasteiger partial charge in [-0.2, -0.15) is 5.10 Å². The number of hydrogen-bond donors (Lipinski definition) is 1. The van der Waals surface area contributed by atoms with Gasteiger partial charge in [0, 0.05) is 26.1 Å². The van der Waals surface area contributed by atoms with Gasteiger partial charge in [0.2, 0.25) is 5.91 Å². The van der Waals surface area contributed by atoms with Crippen LogP contribution in [0, 0.1) is 0 Å².